The number of benzene rings is 2. The molecule has 1 N–H and O–H groups in total. The maximum absolute atomic E-state index is 12.5. The standard InChI is InChI=1S/C21H23N3O4/c1-23-8-10-24(11-9-23)13-18(25)15-2-5-17(6-3-15)22-21(26)16-4-7-19-20(12-16)28-14-27-19/h2-7,12H,8-11,13-14H2,1H3,(H,22,26). The van der Waals surface area contributed by atoms with E-state index in [0.717, 1.165) is 26.2 Å². The second-order valence-corrected chi connectivity index (χ2v) is 7.10. The summed E-state index contributed by atoms with van der Waals surface area (Å²) in [5.41, 5.74) is 1.78. The van der Waals surface area contributed by atoms with Crippen LogP contribution in [0.15, 0.2) is 42.5 Å². The summed E-state index contributed by atoms with van der Waals surface area (Å²) in [4.78, 5) is 29.4. The number of carbonyl (C=O) groups is 2. The number of ether oxygens (including phenoxy) is 2. The highest BCUT2D eigenvalue weighted by molar-refractivity contribution is 6.05. The number of anilines is 1. The number of nitrogens with one attached hydrogen (secondary N) is 1. The lowest BCUT2D eigenvalue weighted by atomic mass is 10.1. The van der Waals surface area contributed by atoms with E-state index >= 15 is 0 Å². The number of nitrogens with zero attached hydrogens (tertiary/aromatic N) is 2. The van der Waals surface area contributed by atoms with Gasteiger partial charge < -0.3 is 19.7 Å². The number of amides is 1. The molecule has 2 aliphatic rings. The number of likely N-dealkylation sites (N-methyl/N-ethyl adjacent to an activating group) is 1. The van der Waals surface area contributed by atoms with Crippen LogP contribution in [-0.2, 0) is 0 Å². The maximum Gasteiger partial charge on any atom is 0.255 e. The Morgan fingerprint density at radius 2 is 1.61 bits per heavy atom. The van der Waals surface area contributed by atoms with E-state index in [1.54, 1.807) is 42.5 Å². The summed E-state index contributed by atoms with van der Waals surface area (Å²) in [5, 5.41) is 2.84. The second kappa shape index (κ2) is 8.00. The van der Waals surface area contributed by atoms with Crippen molar-refractivity contribution in [3.63, 3.8) is 0 Å². The molecule has 0 unspecified atom stereocenters. The van der Waals surface area contributed by atoms with E-state index in [9.17, 15) is 9.59 Å². The number of fused-ring (bicyclic) bond motifs is 1. The van der Waals surface area contributed by atoms with Gasteiger partial charge in [0.2, 0.25) is 6.79 Å². The van der Waals surface area contributed by atoms with Crippen LogP contribution in [0.1, 0.15) is 20.7 Å². The van der Waals surface area contributed by atoms with E-state index in [4.69, 9.17) is 9.47 Å². The van der Waals surface area contributed by atoms with E-state index < -0.39 is 0 Å². The highest BCUT2D eigenvalue weighted by Crippen LogP contribution is 2.32. The fourth-order valence-corrected chi connectivity index (χ4v) is 3.28. The summed E-state index contributed by atoms with van der Waals surface area (Å²) in [6, 6.07) is 12.1. The molecule has 0 aromatic heterocycles. The predicted octanol–water partition coefficient (Wildman–Crippen LogP) is 2.10. The molecule has 0 bridgehead atoms. The van der Waals surface area contributed by atoms with E-state index in [2.05, 4.69) is 22.2 Å². The van der Waals surface area contributed by atoms with Crippen LogP contribution in [0.2, 0.25) is 0 Å². The first-order chi connectivity index (χ1) is 13.6. The van der Waals surface area contributed by atoms with Crippen molar-refractivity contribution in [3.8, 4) is 11.5 Å². The number of ketones is 1. The van der Waals surface area contributed by atoms with Gasteiger partial charge in [0.25, 0.3) is 5.91 Å². The lowest BCUT2D eigenvalue weighted by molar-refractivity contribution is 0.0876. The Hall–Kier alpha value is -2.90. The normalized spacial score (nSPS) is 16.8. The summed E-state index contributed by atoms with van der Waals surface area (Å²) >= 11 is 0. The van der Waals surface area contributed by atoms with Crippen molar-refractivity contribution in [1.29, 1.82) is 0 Å². The highest BCUT2D eigenvalue weighted by atomic mass is 16.7. The second-order valence-electron chi connectivity index (χ2n) is 7.10. The van der Waals surface area contributed by atoms with Gasteiger partial charge in [-0.25, -0.2) is 0 Å². The highest BCUT2D eigenvalue weighted by Gasteiger charge is 2.18. The summed E-state index contributed by atoms with van der Waals surface area (Å²) < 4.78 is 10.6. The molecule has 2 aromatic carbocycles. The van der Waals surface area contributed by atoms with Crippen molar-refractivity contribution in [2.24, 2.45) is 0 Å². The molecule has 1 saturated heterocycles. The van der Waals surface area contributed by atoms with Crippen molar-refractivity contribution in [1.82, 2.24) is 9.80 Å². The summed E-state index contributed by atoms with van der Waals surface area (Å²) in [6.07, 6.45) is 0. The minimum atomic E-state index is -0.241. The van der Waals surface area contributed by atoms with Crippen molar-refractivity contribution >= 4 is 17.4 Å². The molecule has 7 heteroatoms. The minimum Gasteiger partial charge on any atom is -0.454 e. The molecular weight excluding hydrogens is 358 g/mol. The van der Waals surface area contributed by atoms with E-state index in [0.29, 0.717) is 34.9 Å². The first-order valence-electron chi connectivity index (χ1n) is 9.34. The zero-order valence-electron chi connectivity index (χ0n) is 15.8. The molecule has 2 heterocycles. The molecule has 7 nitrogen and oxygen atoms in total. The van der Waals surface area contributed by atoms with Crippen LogP contribution in [0.5, 0.6) is 11.5 Å². The monoisotopic (exact) mass is 381 g/mol. The molecule has 0 aliphatic carbocycles. The van der Waals surface area contributed by atoms with Crippen LogP contribution in [0.25, 0.3) is 0 Å². The van der Waals surface area contributed by atoms with Gasteiger partial charge in [-0.05, 0) is 49.5 Å². The Balaban J connectivity index is 1.35. The smallest absolute Gasteiger partial charge is 0.255 e. The van der Waals surface area contributed by atoms with Crippen LogP contribution in [0.3, 0.4) is 0 Å². The van der Waals surface area contributed by atoms with Gasteiger partial charge in [-0.2, -0.15) is 0 Å². The number of carbonyl (C=O) groups excluding carboxylic acids is 2. The van der Waals surface area contributed by atoms with Gasteiger partial charge in [-0.1, -0.05) is 0 Å². The predicted molar refractivity (Wildman–Crippen MR) is 105 cm³/mol. The molecule has 2 aromatic rings. The molecule has 1 amide bonds. The summed E-state index contributed by atoms with van der Waals surface area (Å²) in [7, 11) is 2.09. The average molecular weight is 381 g/mol. The van der Waals surface area contributed by atoms with Crippen LogP contribution in [-0.4, -0.2) is 68.1 Å². The quantitative estimate of drug-likeness (QED) is 0.800. The van der Waals surface area contributed by atoms with Crippen LogP contribution < -0.4 is 14.8 Å². The Labute approximate surface area is 163 Å². The van der Waals surface area contributed by atoms with E-state index in [1.807, 2.05) is 0 Å². The van der Waals surface area contributed by atoms with E-state index in [1.165, 1.54) is 0 Å². The zero-order valence-corrected chi connectivity index (χ0v) is 15.8. The van der Waals surface area contributed by atoms with Crippen LogP contribution in [0, 0.1) is 0 Å². The molecule has 1 fully saturated rings. The van der Waals surface area contributed by atoms with Crippen LogP contribution >= 0.6 is 0 Å². The SMILES string of the molecule is CN1CCN(CC(=O)c2ccc(NC(=O)c3ccc4c(c3)OCO4)cc2)CC1. The minimum absolute atomic E-state index is 0.0956. The topological polar surface area (TPSA) is 71.1 Å². The lowest BCUT2D eigenvalue weighted by Gasteiger charge is -2.31. The molecule has 0 atom stereocenters. The van der Waals surface area contributed by atoms with Crippen molar-refractivity contribution in [2.75, 3.05) is 51.9 Å². The van der Waals surface area contributed by atoms with Gasteiger partial charge in [0.05, 0.1) is 6.54 Å². The van der Waals surface area contributed by atoms with Gasteiger partial charge in [-0.15, -0.1) is 0 Å². The summed E-state index contributed by atoms with van der Waals surface area (Å²) in [6.45, 7) is 4.38. The third-order valence-electron chi connectivity index (χ3n) is 5.06. The number of rotatable bonds is 5. The fourth-order valence-electron chi connectivity index (χ4n) is 3.28. The fraction of sp³-hybridized carbons (Fsp3) is 0.333. The maximum atomic E-state index is 12.5. The number of Topliss-reactive ketones (excluding diaryl/α,β-unsaturated/α-hetero) is 1. The van der Waals surface area contributed by atoms with Crippen molar-refractivity contribution in [3.05, 3.63) is 53.6 Å². The Kier molecular flexibility index (Phi) is 5.27. The third-order valence-corrected chi connectivity index (χ3v) is 5.06. The number of hydrogen-bond acceptors (Lipinski definition) is 6. The lowest BCUT2D eigenvalue weighted by Crippen LogP contribution is -2.46. The molecule has 2 aliphatic heterocycles. The van der Waals surface area contributed by atoms with Gasteiger partial charge in [0.15, 0.2) is 17.3 Å². The van der Waals surface area contributed by atoms with Gasteiger partial charge in [0, 0.05) is 43.0 Å². The first-order valence-corrected chi connectivity index (χ1v) is 9.34. The zero-order chi connectivity index (χ0) is 19.5. The molecular formula is C21H23N3O4. The van der Waals surface area contributed by atoms with Crippen molar-refractivity contribution < 1.29 is 19.1 Å². The van der Waals surface area contributed by atoms with Crippen molar-refractivity contribution in [2.45, 2.75) is 0 Å². The number of piperazine rings is 1. The molecule has 0 radical (unpaired) electrons. The third kappa shape index (κ3) is 4.16. The van der Waals surface area contributed by atoms with Gasteiger partial charge in [-0.3, -0.25) is 14.5 Å². The summed E-state index contributed by atoms with van der Waals surface area (Å²) in [5.74, 6) is 1.06. The van der Waals surface area contributed by atoms with E-state index in [-0.39, 0.29) is 18.5 Å². The van der Waals surface area contributed by atoms with Gasteiger partial charge in [0.1, 0.15) is 0 Å². The Bertz CT molecular complexity index is 874. The number of hydrogen-bond donors (Lipinski definition) is 1. The first kappa shape index (κ1) is 18.5. The molecule has 28 heavy (non-hydrogen) atoms. The molecule has 0 saturated carbocycles. The molecule has 4 rings (SSSR count). The van der Waals surface area contributed by atoms with Gasteiger partial charge >= 0.3 is 0 Å². The Morgan fingerprint density at radius 1 is 0.929 bits per heavy atom. The van der Waals surface area contributed by atoms with Crippen LogP contribution in [0.4, 0.5) is 5.69 Å². The largest absolute Gasteiger partial charge is 0.454 e. The molecule has 146 valence electrons. The molecule has 0 spiro atoms. The Morgan fingerprint density at radius 3 is 2.36 bits per heavy atom. The average Bonchev–Trinajstić information content (AvgIpc) is 3.18.